The molecule has 0 amide bonds. The van der Waals surface area contributed by atoms with E-state index < -0.39 is 0 Å². The predicted molar refractivity (Wildman–Crippen MR) is 88.1 cm³/mol. The summed E-state index contributed by atoms with van der Waals surface area (Å²) in [5.41, 5.74) is 2.07. The Kier molecular flexibility index (Phi) is 3.46. The highest BCUT2D eigenvalue weighted by Gasteiger charge is 2.20. The van der Waals surface area contributed by atoms with Crippen molar-refractivity contribution in [2.45, 2.75) is 0 Å². The SMILES string of the molecule is CN1CCN(c2nccn3c(-c4ccccc4F)cnc23)CC1. The first-order valence-corrected chi connectivity index (χ1v) is 7.74. The number of hydrogen-bond acceptors (Lipinski definition) is 4. The van der Waals surface area contributed by atoms with Crippen molar-refractivity contribution in [3.63, 3.8) is 0 Å². The van der Waals surface area contributed by atoms with Crippen LogP contribution >= 0.6 is 0 Å². The van der Waals surface area contributed by atoms with Gasteiger partial charge >= 0.3 is 0 Å². The molecule has 0 N–H and O–H groups in total. The fraction of sp³-hybridized carbons (Fsp3) is 0.294. The highest BCUT2D eigenvalue weighted by atomic mass is 19.1. The van der Waals surface area contributed by atoms with Crippen LogP contribution in [0, 0.1) is 5.82 Å². The standard InChI is InChI=1S/C17H18FN5/c1-21-8-10-22(11-9-21)16-17-20-12-15(23(17)7-6-19-16)13-4-2-3-5-14(13)18/h2-7,12H,8-11H2,1H3. The van der Waals surface area contributed by atoms with Crippen LogP contribution in [0.5, 0.6) is 0 Å². The normalized spacial score (nSPS) is 16.2. The minimum Gasteiger partial charge on any atom is -0.351 e. The number of anilines is 1. The molecule has 6 heteroatoms. The number of benzene rings is 1. The maximum absolute atomic E-state index is 14.1. The molecule has 1 fully saturated rings. The number of nitrogens with zero attached hydrogens (tertiary/aromatic N) is 5. The van der Waals surface area contributed by atoms with E-state index in [1.807, 2.05) is 16.7 Å². The summed E-state index contributed by atoms with van der Waals surface area (Å²) in [6, 6.07) is 6.77. The number of imidazole rings is 1. The zero-order valence-electron chi connectivity index (χ0n) is 13.0. The average Bonchev–Trinajstić information content (AvgIpc) is 3.00. The molecule has 1 saturated heterocycles. The van der Waals surface area contributed by atoms with Crippen LogP contribution in [-0.4, -0.2) is 52.5 Å². The topological polar surface area (TPSA) is 36.7 Å². The van der Waals surface area contributed by atoms with Crippen molar-refractivity contribution in [1.29, 1.82) is 0 Å². The molecule has 1 aromatic carbocycles. The maximum Gasteiger partial charge on any atom is 0.180 e. The lowest BCUT2D eigenvalue weighted by molar-refractivity contribution is 0.312. The Morgan fingerprint density at radius 2 is 1.83 bits per heavy atom. The number of hydrogen-bond donors (Lipinski definition) is 0. The van der Waals surface area contributed by atoms with Gasteiger partial charge in [0.05, 0.1) is 11.9 Å². The van der Waals surface area contributed by atoms with E-state index in [1.165, 1.54) is 6.07 Å². The maximum atomic E-state index is 14.1. The van der Waals surface area contributed by atoms with E-state index in [-0.39, 0.29) is 5.82 Å². The molecule has 0 saturated carbocycles. The van der Waals surface area contributed by atoms with Crippen LogP contribution in [0.25, 0.3) is 16.9 Å². The van der Waals surface area contributed by atoms with Crippen LogP contribution in [0.15, 0.2) is 42.9 Å². The highest BCUT2D eigenvalue weighted by molar-refractivity contribution is 5.71. The summed E-state index contributed by atoms with van der Waals surface area (Å²) in [6.07, 6.45) is 5.31. The van der Waals surface area contributed by atoms with Gasteiger partial charge in [-0.25, -0.2) is 14.4 Å². The van der Waals surface area contributed by atoms with E-state index in [2.05, 4.69) is 26.8 Å². The van der Waals surface area contributed by atoms with Gasteiger partial charge in [-0.3, -0.25) is 4.40 Å². The van der Waals surface area contributed by atoms with Crippen LogP contribution in [0.1, 0.15) is 0 Å². The van der Waals surface area contributed by atoms with Crippen LogP contribution in [0.4, 0.5) is 10.2 Å². The highest BCUT2D eigenvalue weighted by Crippen LogP contribution is 2.27. The average molecular weight is 311 g/mol. The number of likely N-dealkylation sites (N-methyl/N-ethyl adjacent to an activating group) is 1. The van der Waals surface area contributed by atoms with E-state index in [1.54, 1.807) is 24.5 Å². The number of piperazine rings is 1. The van der Waals surface area contributed by atoms with Gasteiger partial charge in [-0.1, -0.05) is 12.1 Å². The Morgan fingerprint density at radius 3 is 2.61 bits per heavy atom. The van der Waals surface area contributed by atoms with Gasteiger partial charge in [0.15, 0.2) is 11.5 Å². The molecule has 23 heavy (non-hydrogen) atoms. The molecular weight excluding hydrogens is 293 g/mol. The molecule has 0 radical (unpaired) electrons. The first kappa shape index (κ1) is 14.1. The molecule has 4 rings (SSSR count). The molecule has 1 aliphatic rings. The summed E-state index contributed by atoms with van der Waals surface area (Å²) in [4.78, 5) is 13.6. The summed E-state index contributed by atoms with van der Waals surface area (Å²) in [7, 11) is 2.12. The van der Waals surface area contributed by atoms with Crippen LogP contribution in [-0.2, 0) is 0 Å². The Hall–Kier alpha value is -2.47. The van der Waals surface area contributed by atoms with Crippen LogP contribution < -0.4 is 4.90 Å². The van der Waals surface area contributed by atoms with E-state index in [0.717, 1.165) is 43.3 Å². The molecule has 0 unspecified atom stereocenters. The largest absolute Gasteiger partial charge is 0.351 e. The molecule has 2 aromatic heterocycles. The Morgan fingerprint density at radius 1 is 1.04 bits per heavy atom. The van der Waals surface area contributed by atoms with Gasteiger partial charge in [0.25, 0.3) is 0 Å². The minimum absolute atomic E-state index is 0.243. The molecular formula is C17H18FN5. The predicted octanol–water partition coefficient (Wildman–Crippen LogP) is 2.29. The first-order valence-electron chi connectivity index (χ1n) is 7.74. The second-order valence-electron chi connectivity index (χ2n) is 5.86. The molecule has 3 heterocycles. The second kappa shape index (κ2) is 5.62. The van der Waals surface area contributed by atoms with Crippen molar-refractivity contribution in [2.75, 3.05) is 38.1 Å². The number of aromatic nitrogens is 3. The molecule has 3 aromatic rings. The summed E-state index contributed by atoms with van der Waals surface area (Å²) in [5, 5.41) is 0. The smallest absolute Gasteiger partial charge is 0.180 e. The van der Waals surface area contributed by atoms with E-state index >= 15 is 0 Å². The number of fused-ring (bicyclic) bond motifs is 1. The summed E-state index contributed by atoms with van der Waals surface area (Å²) in [5.74, 6) is 0.621. The van der Waals surface area contributed by atoms with Crippen molar-refractivity contribution < 1.29 is 4.39 Å². The summed E-state index contributed by atoms with van der Waals surface area (Å²) in [6.45, 7) is 3.85. The van der Waals surface area contributed by atoms with Gasteiger partial charge in [-0.05, 0) is 19.2 Å². The third-order valence-electron chi connectivity index (χ3n) is 4.36. The van der Waals surface area contributed by atoms with Crippen molar-refractivity contribution in [3.05, 3.63) is 48.7 Å². The Balaban J connectivity index is 1.80. The lowest BCUT2D eigenvalue weighted by atomic mass is 10.1. The Bertz CT molecular complexity index is 836. The number of rotatable bonds is 2. The van der Waals surface area contributed by atoms with E-state index in [9.17, 15) is 4.39 Å². The van der Waals surface area contributed by atoms with E-state index in [4.69, 9.17) is 0 Å². The van der Waals surface area contributed by atoms with Crippen LogP contribution in [0.2, 0.25) is 0 Å². The molecule has 0 atom stereocenters. The molecule has 0 bridgehead atoms. The summed E-state index contributed by atoms with van der Waals surface area (Å²) >= 11 is 0. The monoisotopic (exact) mass is 311 g/mol. The molecule has 118 valence electrons. The fourth-order valence-corrected chi connectivity index (χ4v) is 3.02. The van der Waals surface area contributed by atoms with Gasteiger partial charge in [-0.2, -0.15) is 0 Å². The lowest BCUT2D eigenvalue weighted by Crippen LogP contribution is -2.45. The number of halogens is 1. The van der Waals surface area contributed by atoms with Gasteiger partial charge in [-0.15, -0.1) is 0 Å². The quantitative estimate of drug-likeness (QED) is 0.727. The van der Waals surface area contributed by atoms with Crippen molar-refractivity contribution >= 4 is 11.5 Å². The van der Waals surface area contributed by atoms with Crippen LogP contribution in [0.3, 0.4) is 0 Å². The van der Waals surface area contributed by atoms with Gasteiger partial charge in [0.2, 0.25) is 0 Å². The molecule has 0 spiro atoms. The first-order chi connectivity index (χ1) is 11.2. The van der Waals surface area contributed by atoms with Crippen molar-refractivity contribution in [2.24, 2.45) is 0 Å². The third-order valence-corrected chi connectivity index (χ3v) is 4.36. The fourth-order valence-electron chi connectivity index (χ4n) is 3.02. The Labute approximate surface area is 134 Å². The molecule has 0 aliphatic carbocycles. The zero-order valence-corrected chi connectivity index (χ0v) is 13.0. The van der Waals surface area contributed by atoms with Gasteiger partial charge in [0.1, 0.15) is 5.82 Å². The third kappa shape index (κ3) is 2.45. The minimum atomic E-state index is -0.243. The van der Waals surface area contributed by atoms with Crippen molar-refractivity contribution in [3.8, 4) is 11.3 Å². The van der Waals surface area contributed by atoms with Gasteiger partial charge in [0, 0.05) is 44.1 Å². The molecule has 5 nitrogen and oxygen atoms in total. The molecule has 1 aliphatic heterocycles. The van der Waals surface area contributed by atoms with E-state index in [0.29, 0.717) is 5.56 Å². The van der Waals surface area contributed by atoms with Gasteiger partial charge < -0.3 is 9.80 Å². The van der Waals surface area contributed by atoms with Crippen molar-refractivity contribution in [1.82, 2.24) is 19.3 Å². The second-order valence-corrected chi connectivity index (χ2v) is 5.86. The summed E-state index contributed by atoms with van der Waals surface area (Å²) < 4.78 is 16.0. The lowest BCUT2D eigenvalue weighted by Gasteiger charge is -2.33. The zero-order chi connectivity index (χ0) is 15.8.